The number of imide groups is 1. The molecule has 1 unspecified atom stereocenters. The molecule has 2 aromatic rings. The summed E-state index contributed by atoms with van der Waals surface area (Å²) in [4.78, 5) is 61.3. The molecule has 0 spiro atoms. The van der Waals surface area contributed by atoms with Crippen LogP contribution in [0.4, 0.5) is 0 Å². The summed E-state index contributed by atoms with van der Waals surface area (Å²) in [7, 11) is 0. The Morgan fingerprint density at radius 1 is 1.03 bits per heavy atom. The molecule has 3 amide bonds. The number of hydrogen-bond donors (Lipinski definition) is 0. The molecule has 2 aliphatic rings. The van der Waals surface area contributed by atoms with Gasteiger partial charge in [0.2, 0.25) is 5.91 Å². The van der Waals surface area contributed by atoms with Gasteiger partial charge in [-0.05, 0) is 44.0 Å². The van der Waals surface area contributed by atoms with Gasteiger partial charge in [-0.3, -0.25) is 14.4 Å². The predicted molar refractivity (Wildman–Crippen MR) is 108 cm³/mol. The molecule has 1 saturated heterocycles. The van der Waals surface area contributed by atoms with Crippen LogP contribution < -0.4 is 0 Å². The molecule has 1 fully saturated rings. The molecule has 3 heterocycles. The molecular weight excluding hydrogens is 406 g/mol. The van der Waals surface area contributed by atoms with Crippen LogP contribution in [0.25, 0.3) is 0 Å². The highest BCUT2D eigenvalue weighted by Crippen LogP contribution is 2.29. The number of likely N-dealkylation sites (tertiary alicyclic amines) is 1. The molecule has 0 N–H and O–H groups in total. The van der Waals surface area contributed by atoms with Gasteiger partial charge in [0.15, 0.2) is 0 Å². The van der Waals surface area contributed by atoms with E-state index in [4.69, 9.17) is 4.84 Å². The first kappa shape index (κ1) is 20.1. The Balaban J connectivity index is 1.50. The van der Waals surface area contributed by atoms with Crippen LogP contribution in [-0.2, 0) is 9.63 Å². The van der Waals surface area contributed by atoms with E-state index in [9.17, 15) is 19.2 Å². The van der Waals surface area contributed by atoms with Crippen molar-refractivity contribution in [3.8, 4) is 0 Å². The van der Waals surface area contributed by atoms with Crippen LogP contribution in [0.15, 0.2) is 47.6 Å². The van der Waals surface area contributed by atoms with E-state index in [0.717, 1.165) is 37.7 Å². The molecule has 9 heteroatoms. The number of hydroxylamine groups is 2. The molecule has 2 aliphatic heterocycles. The number of thioether (sulfide) groups is 1. The number of pyridine rings is 1. The topological polar surface area (TPSA) is 96.9 Å². The third kappa shape index (κ3) is 3.68. The molecule has 4 rings (SSSR count). The van der Waals surface area contributed by atoms with Gasteiger partial charge in [0.25, 0.3) is 11.8 Å². The SMILES string of the molecule is CC(Sc1ncccc1C(=O)ON1C(=O)c2ccccc2C1=O)C(=O)N1CCCC1. The molecule has 1 atom stereocenters. The fourth-order valence-electron chi connectivity index (χ4n) is 3.43. The second kappa shape index (κ2) is 8.27. The maximum Gasteiger partial charge on any atom is 0.366 e. The fourth-order valence-corrected chi connectivity index (χ4v) is 4.42. The largest absolute Gasteiger partial charge is 0.366 e. The van der Waals surface area contributed by atoms with Gasteiger partial charge in [-0.1, -0.05) is 29.0 Å². The van der Waals surface area contributed by atoms with Crippen molar-refractivity contribution < 1.29 is 24.0 Å². The molecule has 30 heavy (non-hydrogen) atoms. The van der Waals surface area contributed by atoms with E-state index >= 15 is 0 Å². The third-order valence-electron chi connectivity index (χ3n) is 4.98. The van der Waals surface area contributed by atoms with Gasteiger partial charge in [0.1, 0.15) is 5.03 Å². The van der Waals surface area contributed by atoms with E-state index in [1.807, 2.05) is 0 Å². The number of benzene rings is 1. The van der Waals surface area contributed by atoms with Gasteiger partial charge >= 0.3 is 5.97 Å². The predicted octanol–water partition coefficient (Wildman–Crippen LogP) is 2.55. The molecule has 1 aromatic heterocycles. The number of nitrogens with zero attached hydrogens (tertiary/aromatic N) is 3. The zero-order valence-electron chi connectivity index (χ0n) is 16.2. The Morgan fingerprint density at radius 3 is 2.30 bits per heavy atom. The van der Waals surface area contributed by atoms with Crippen molar-refractivity contribution in [3.05, 3.63) is 59.3 Å². The Hall–Kier alpha value is -3.20. The van der Waals surface area contributed by atoms with Crippen LogP contribution in [0.3, 0.4) is 0 Å². The Bertz CT molecular complexity index is 1000. The highest BCUT2D eigenvalue weighted by molar-refractivity contribution is 8.00. The number of fused-ring (bicyclic) bond motifs is 1. The van der Waals surface area contributed by atoms with E-state index in [2.05, 4.69) is 4.98 Å². The van der Waals surface area contributed by atoms with Gasteiger partial charge in [-0.2, -0.15) is 0 Å². The first-order valence-corrected chi connectivity index (χ1v) is 10.5. The normalized spacial score (nSPS) is 16.6. The lowest BCUT2D eigenvalue weighted by Crippen LogP contribution is -2.34. The monoisotopic (exact) mass is 425 g/mol. The summed E-state index contributed by atoms with van der Waals surface area (Å²) in [6.45, 7) is 3.24. The minimum absolute atomic E-state index is 0.0113. The minimum atomic E-state index is -0.888. The standard InChI is InChI=1S/C21H19N3O5S/c1-13(18(25)23-11-4-5-12-23)30-17-16(9-6-10-22-17)21(28)29-24-19(26)14-7-2-3-8-15(14)20(24)27/h2-3,6-10,13H,4-5,11-12H2,1H3. The molecule has 154 valence electrons. The van der Waals surface area contributed by atoms with Crippen molar-refractivity contribution >= 4 is 35.5 Å². The first-order chi connectivity index (χ1) is 14.5. The smallest absolute Gasteiger partial charge is 0.342 e. The van der Waals surface area contributed by atoms with Gasteiger partial charge in [-0.25, -0.2) is 9.78 Å². The quantitative estimate of drug-likeness (QED) is 0.536. The van der Waals surface area contributed by atoms with Crippen LogP contribution in [0.1, 0.15) is 50.8 Å². The molecule has 8 nitrogen and oxygen atoms in total. The molecule has 0 bridgehead atoms. The van der Waals surface area contributed by atoms with Gasteiger partial charge in [-0.15, -0.1) is 0 Å². The maximum absolute atomic E-state index is 12.8. The third-order valence-corrected chi connectivity index (χ3v) is 6.08. The Morgan fingerprint density at radius 2 is 1.67 bits per heavy atom. The molecule has 0 radical (unpaired) electrons. The summed E-state index contributed by atoms with van der Waals surface area (Å²) < 4.78 is 0. The molecule has 0 saturated carbocycles. The van der Waals surface area contributed by atoms with Gasteiger partial charge in [0.05, 0.1) is 21.9 Å². The zero-order valence-corrected chi connectivity index (χ0v) is 17.1. The summed E-state index contributed by atoms with van der Waals surface area (Å²) in [6.07, 6.45) is 3.49. The number of amides is 3. The van der Waals surface area contributed by atoms with E-state index in [-0.39, 0.29) is 22.6 Å². The van der Waals surface area contributed by atoms with E-state index in [0.29, 0.717) is 10.1 Å². The number of carbonyl (C=O) groups is 4. The Kier molecular flexibility index (Phi) is 5.54. The van der Waals surface area contributed by atoms with Crippen molar-refractivity contribution in [2.75, 3.05) is 13.1 Å². The second-order valence-electron chi connectivity index (χ2n) is 6.98. The molecule has 0 aliphatic carbocycles. The number of rotatable bonds is 5. The van der Waals surface area contributed by atoms with Crippen LogP contribution in [0.5, 0.6) is 0 Å². The summed E-state index contributed by atoms with van der Waals surface area (Å²) in [5, 5.41) is 0.329. The van der Waals surface area contributed by atoms with Crippen molar-refractivity contribution in [3.63, 3.8) is 0 Å². The Labute approximate surface area is 177 Å². The highest BCUT2D eigenvalue weighted by Gasteiger charge is 2.39. The minimum Gasteiger partial charge on any atom is -0.342 e. The van der Waals surface area contributed by atoms with Crippen LogP contribution >= 0.6 is 11.8 Å². The average Bonchev–Trinajstić information content (AvgIpc) is 3.38. The number of aromatic nitrogens is 1. The lowest BCUT2D eigenvalue weighted by Gasteiger charge is -2.20. The zero-order chi connectivity index (χ0) is 21.3. The van der Waals surface area contributed by atoms with E-state index in [1.165, 1.54) is 24.4 Å². The van der Waals surface area contributed by atoms with Gasteiger partial charge < -0.3 is 9.74 Å². The average molecular weight is 425 g/mol. The van der Waals surface area contributed by atoms with Crippen LogP contribution in [-0.4, -0.2) is 57.0 Å². The summed E-state index contributed by atoms with van der Waals surface area (Å²) in [6, 6.07) is 9.30. The van der Waals surface area contributed by atoms with Crippen LogP contribution in [0.2, 0.25) is 0 Å². The summed E-state index contributed by atoms with van der Waals surface area (Å²) in [5.74, 6) is -2.29. The second-order valence-corrected chi connectivity index (χ2v) is 8.31. The highest BCUT2D eigenvalue weighted by atomic mass is 32.2. The van der Waals surface area contributed by atoms with Crippen molar-refractivity contribution in [2.45, 2.75) is 30.0 Å². The number of carbonyl (C=O) groups excluding carboxylic acids is 4. The van der Waals surface area contributed by atoms with E-state index < -0.39 is 23.0 Å². The van der Waals surface area contributed by atoms with Gasteiger partial charge in [0, 0.05) is 19.3 Å². The van der Waals surface area contributed by atoms with Crippen molar-refractivity contribution in [1.29, 1.82) is 0 Å². The summed E-state index contributed by atoms with van der Waals surface area (Å²) >= 11 is 1.15. The number of hydrogen-bond acceptors (Lipinski definition) is 7. The van der Waals surface area contributed by atoms with E-state index in [1.54, 1.807) is 30.0 Å². The van der Waals surface area contributed by atoms with Crippen molar-refractivity contribution in [1.82, 2.24) is 14.9 Å². The lowest BCUT2D eigenvalue weighted by molar-refractivity contribution is -0.129. The maximum atomic E-state index is 12.8. The lowest BCUT2D eigenvalue weighted by atomic mass is 10.1. The fraction of sp³-hybridized carbons (Fsp3) is 0.286. The first-order valence-electron chi connectivity index (χ1n) is 9.58. The summed E-state index contributed by atoms with van der Waals surface area (Å²) in [5.41, 5.74) is 0.446. The molecular formula is C21H19N3O5S. The molecule has 1 aromatic carbocycles. The van der Waals surface area contributed by atoms with Crippen LogP contribution in [0, 0.1) is 0 Å². The van der Waals surface area contributed by atoms with Crippen molar-refractivity contribution in [2.24, 2.45) is 0 Å².